The zero-order chi connectivity index (χ0) is 11.9. The quantitative estimate of drug-likeness (QED) is 0.784. The molecule has 4 heteroatoms. The van der Waals surface area contributed by atoms with Gasteiger partial charge in [-0.3, -0.25) is 4.98 Å². The third-order valence-corrected chi connectivity index (χ3v) is 3.17. The summed E-state index contributed by atoms with van der Waals surface area (Å²) in [6.07, 6.45) is 7.28. The number of nitrogens with two attached hydrogens (primary N) is 1. The normalized spacial score (nSPS) is 17.4. The molecule has 0 amide bonds. The Balaban J connectivity index is 1.74. The van der Waals surface area contributed by atoms with E-state index in [2.05, 4.69) is 22.0 Å². The van der Waals surface area contributed by atoms with Gasteiger partial charge in [0.05, 0.1) is 6.10 Å². The summed E-state index contributed by atoms with van der Waals surface area (Å²) in [5.74, 6) is 0. The molecule has 0 saturated carbocycles. The maximum Gasteiger partial charge on any atom is 0.0608 e. The molecule has 0 aliphatic carbocycles. The average molecular weight is 235 g/mol. The van der Waals surface area contributed by atoms with Gasteiger partial charge in [-0.05, 0) is 37.9 Å². The molecule has 1 aliphatic heterocycles. The molecule has 17 heavy (non-hydrogen) atoms. The number of hydrogen-bond acceptors (Lipinski definition) is 4. The van der Waals surface area contributed by atoms with Crippen molar-refractivity contribution < 1.29 is 4.74 Å². The number of piperidine rings is 1. The molecule has 1 aromatic rings. The lowest BCUT2D eigenvalue weighted by atomic mass is 10.1. The van der Waals surface area contributed by atoms with Crippen molar-refractivity contribution >= 4 is 5.69 Å². The summed E-state index contributed by atoms with van der Waals surface area (Å²) in [5.41, 5.74) is 6.71. The lowest BCUT2D eigenvalue weighted by Gasteiger charge is -2.33. The molecule has 0 bridgehead atoms. The fourth-order valence-corrected chi connectivity index (χ4v) is 2.17. The van der Waals surface area contributed by atoms with Gasteiger partial charge < -0.3 is 15.4 Å². The molecule has 0 radical (unpaired) electrons. The van der Waals surface area contributed by atoms with Crippen LogP contribution in [0.1, 0.15) is 19.3 Å². The zero-order valence-electron chi connectivity index (χ0n) is 10.2. The summed E-state index contributed by atoms with van der Waals surface area (Å²) >= 11 is 0. The predicted molar refractivity (Wildman–Crippen MR) is 69.1 cm³/mol. The van der Waals surface area contributed by atoms with Gasteiger partial charge in [-0.2, -0.15) is 0 Å². The monoisotopic (exact) mass is 235 g/mol. The van der Waals surface area contributed by atoms with E-state index >= 15 is 0 Å². The highest BCUT2D eigenvalue weighted by Gasteiger charge is 2.19. The van der Waals surface area contributed by atoms with Gasteiger partial charge in [-0.1, -0.05) is 0 Å². The molecule has 94 valence electrons. The van der Waals surface area contributed by atoms with Crippen LogP contribution >= 0.6 is 0 Å². The molecule has 1 aromatic heterocycles. The first-order chi connectivity index (χ1) is 8.40. The van der Waals surface area contributed by atoms with Gasteiger partial charge in [0.1, 0.15) is 0 Å². The predicted octanol–water partition coefficient (Wildman–Crippen LogP) is 1.42. The molecule has 2 N–H and O–H groups in total. The van der Waals surface area contributed by atoms with Crippen LogP contribution in [0.2, 0.25) is 0 Å². The highest BCUT2D eigenvalue weighted by Crippen LogP contribution is 2.20. The summed E-state index contributed by atoms with van der Waals surface area (Å²) in [5, 5.41) is 0. The van der Waals surface area contributed by atoms with Gasteiger partial charge in [-0.15, -0.1) is 0 Å². The largest absolute Gasteiger partial charge is 0.378 e. The number of ether oxygens (including phenoxy) is 1. The fraction of sp³-hybridized carbons (Fsp3) is 0.615. The number of aromatic nitrogens is 1. The molecule has 0 aromatic carbocycles. The highest BCUT2D eigenvalue weighted by molar-refractivity contribution is 5.44. The summed E-state index contributed by atoms with van der Waals surface area (Å²) in [6.45, 7) is 3.65. The minimum absolute atomic E-state index is 0.416. The topological polar surface area (TPSA) is 51.4 Å². The lowest BCUT2D eigenvalue weighted by molar-refractivity contribution is 0.0366. The van der Waals surface area contributed by atoms with Crippen molar-refractivity contribution in [3.05, 3.63) is 24.5 Å². The summed E-state index contributed by atoms with van der Waals surface area (Å²) in [4.78, 5) is 6.44. The number of nitrogens with zero attached hydrogens (tertiary/aromatic N) is 2. The molecule has 2 heterocycles. The SMILES string of the molecule is NCCCOC1CCN(c2ccncc2)CC1. The van der Waals surface area contributed by atoms with E-state index in [1.54, 1.807) is 0 Å². The molecule has 0 atom stereocenters. The van der Waals surface area contributed by atoms with Crippen LogP contribution in [0, 0.1) is 0 Å². The number of pyridine rings is 1. The first-order valence-corrected chi connectivity index (χ1v) is 6.37. The molecule has 2 rings (SSSR count). The maximum atomic E-state index is 5.79. The highest BCUT2D eigenvalue weighted by atomic mass is 16.5. The Labute approximate surface area is 103 Å². The Morgan fingerprint density at radius 2 is 2.00 bits per heavy atom. The Bertz CT molecular complexity index is 310. The molecular weight excluding hydrogens is 214 g/mol. The van der Waals surface area contributed by atoms with Gasteiger partial charge in [0.25, 0.3) is 0 Å². The Hall–Kier alpha value is -1.13. The number of anilines is 1. The third kappa shape index (κ3) is 3.68. The van der Waals surface area contributed by atoms with Gasteiger partial charge in [-0.25, -0.2) is 0 Å². The zero-order valence-corrected chi connectivity index (χ0v) is 10.2. The van der Waals surface area contributed by atoms with Gasteiger partial charge in [0, 0.05) is 37.8 Å². The second kappa shape index (κ2) is 6.57. The summed E-state index contributed by atoms with van der Waals surface area (Å²) in [6, 6.07) is 4.13. The van der Waals surface area contributed by atoms with Crippen molar-refractivity contribution in [1.82, 2.24) is 4.98 Å². The number of rotatable bonds is 5. The molecule has 0 spiro atoms. The van der Waals surface area contributed by atoms with Gasteiger partial charge >= 0.3 is 0 Å². The van der Waals surface area contributed by atoms with E-state index in [1.807, 2.05) is 12.4 Å². The minimum atomic E-state index is 0.416. The third-order valence-electron chi connectivity index (χ3n) is 3.17. The first-order valence-electron chi connectivity index (χ1n) is 6.37. The van der Waals surface area contributed by atoms with E-state index in [-0.39, 0.29) is 0 Å². The van der Waals surface area contributed by atoms with E-state index in [0.29, 0.717) is 6.10 Å². The molecule has 1 fully saturated rings. The van der Waals surface area contributed by atoms with Crippen LogP contribution in [-0.4, -0.2) is 37.3 Å². The van der Waals surface area contributed by atoms with Crippen LogP contribution in [0.25, 0.3) is 0 Å². The van der Waals surface area contributed by atoms with Gasteiger partial charge in [0.2, 0.25) is 0 Å². The van der Waals surface area contributed by atoms with Crippen molar-refractivity contribution in [1.29, 1.82) is 0 Å². The summed E-state index contributed by atoms with van der Waals surface area (Å²) < 4.78 is 5.79. The van der Waals surface area contributed by atoms with E-state index in [9.17, 15) is 0 Å². The van der Waals surface area contributed by atoms with Crippen molar-refractivity contribution in [2.45, 2.75) is 25.4 Å². The second-order valence-corrected chi connectivity index (χ2v) is 4.40. The Morgan fingerprint density at radius 3 is 2.65 bits per heavy atom. The van der Waals surface area contributed by atoms with Crippen molar-refractivity contribution in [3.8, 4) is 0 Å². The Kier molecular flexibility index (Phi) is 4.76. The summed E-state index contributed by atoms with van der Waals surface area (Å²) in [7, 11) is 0. The molecule has 1 saturated heterocycles. The lowest BCUT2D eigenvalue weighted by Crippen LogP contribution is -2.37. The Morgan fingerprint density at radius 1 is 1.29 bits per heavy atom. The van der Waals surface area contributed by atoms with E-state index < -0.39 is 0 Å². The first kappa shape index (κ1) is 12.3. The van der Waals surface area contributed by atoms with Crippen molar-refractivity contribution in [3.63, 3.8) is 0 Å². The smallest absolute Gasteiger partial charge is 0.0608 e. The van der Waals surface area contributed by atoms with Crippen LogP contribution in [0.5, 0.6) is 0 Å². The molecule has 4 nitrogen and oxygen atoms in total. The van der Waals surface area contributed by atoms with Crippen LogP contribution in [0.15, 0.2) is 24.5 Å². The van der Waals surface area contributed by atoms with E-state index in [4.69, 9.17) is 10.5 Å². The van der Waals surface area contributed by atoms with Crippen LogP contribution < -0.4 is 10.6 Å². The van der Waals surface area contributed by atoms with E-state index in [1.165, 1.54) is 5.69 Å². The standard InChI is InChI=1S/C13H21N3O/c14-6-1-11-17-13-4-9-16(10-5-13)12-2-7-15-8-3-12/h2-3,7-8,13H,1,4-6,9-11,14H2. The average Bonchev–Trinajstić information content (AvgIpc) is 2.41. The van der Waals surface area contributed by atoms with Crippen LogP contribution in [0.3, 0.4) is 0 Å². The second-order valence-electron chi connectivity index (χ2n) is 4.40. The van der Waals surface area contributed by atoms with Crippen LogP contribution in [-0.2, 0) is 4.74 Å². The molecule has 1 aliphatic rings. The van der Waals surface area contributed by atoms with Gasteiger partial charge in [0.15, 0.2) is 0 Å². The molecule has 0 unspecified atom stereocenters. The maximum absolute atomic E-state index is 5.79. The fourth-order valence-electron chi connectivity index (χ4n) is 2.17. The minimum Gasteiger partial charge on any atom is -0.378 e. The van der Waals surface area contributed by atoms with Crippen molar-refractivity contribution in [2.75, 3.05) is 31.1 Å². The van der Waals surface area contributed by atoms with Crippen LogP contribution in [0.4, 0.5) is 5.69 Å². The van der Waals surface area contributed by atoms with E-state index in [0.717, 1.165) is 45.5 Å². The molecular formula is C13H21N3O. The number of hydrogen-bond donors (Lipinski definition) is 1. The van der Waals surface area contributed by atoms with Crippen molar-refractivity contribution in [2.24, 2.45) is 5.73 Å².